The van der Waals surface area contributed by atoms with Crippen LogP contribution in [-0.4, -0.2) is 29.8 Å². The quantitative estimate of drug-likeness (QED) is 0.795. The van der Waals surface area contributed by atoms with E-state index in [1.54, 1.807) is 0 Å². The third-order valence-electron chi connectivity index (χ3n) is 2.74. The monoisotopic (exact) mass is 206 g/mol. The maximum atomic E-state index is 9.03. The highest BCUT2D eigenvalue weighted by atomic mass is 16.3. The summed E-state index contributed by atoms with van der Waals surface area (Å²) in [5.41, 5.74) is 1.03. The molecular weight excluding hydrogens is 188 g/mol. The van der Waals surface area contributed by atoms with Crippen LogP contribution in [0.1, 0.15) is 18.5 Å². The molecule has 0 aromatic carbocycles. The normalized spacial score (nSPS) is 15.3. The second-order valence-electron chi connectivity index (χ2n) is 4.25. The van der Waals surface area contributed by atoms with Crippen LogP contribution in [0.5, 0.6) is 0 Å². The Bertz CT molecular complexity index is 323. The fourth-order valence-corrected chi connectivity index (χ4v) is 1.74. The molecule has 0 saturated heterocycles. The first kappa shape index (κ1) is 10.4. The molecule has 0 radical (unpaired) electrons. The number of nitrogens with zero attached hydrogens (tertiary/aromatic N) is 2. The number of aliphatic hydroxyl groups excluding tert-OH is 1. The average molecular weight is 206 g/mol. The largest absolute Gasteiger partial charge is 0.395 e. The van der Waals surface area contributed by atoms with E-state index in [-0.39, 0.29) is 6.61 Å². The molecule has 0 aliphatic heterocycles. The lowest BCUT2D eigenvalue weighted by molar-refractivity contribution is 0.301. The molecule has 1 fully saturated rings. The molecule has 15 heavy (non-hydrogen) atoms. The van der Waals surface area contributed by atoms with Crippen LogP contribution in [0.3, 0.4) is 0 Å². The summed E-state index contributed by atoms with van der Waals surface area (Å²) >= 11 is 0. The fourth-order valence-electron chi connectivity index (χ4n) is 1.74. The number of aryl methyl sites for hydroxylation is 1. The van der Waals surface area contributed by atoms with Gasteiger partial charge in [-0.15, -0.1) is 0 Å². The lowest BCUT2D eigenvalue weighted by Gasteiger charge is -2.22. The minimum atomic E-state index is 0.197. The summed E-state index contributed by atoms with van der Waals surface area (Å²) in [7, 11) is 0. The van der Waals surface area contributed by atoms with Gasteiger partial charge in [-0.3, -0.25) is 0 Å². The second-order valence-corrected chi connectivity index (χ2v) is 4.25. The smallest absolute Gasteiger partial charge is 0.128 e. The second kappa shape index (κ2) is 4.62. The van der Waals surface area contributed by atoms with Crippen molar-refractivity contribution in [3.8, 4) is 0 Å². The molecule has 0 spiro atoms. The van der Waals surface area contributed by atoms with E-state index >= 15 is 0 Å². The predicted octanol–water partition coefficient (Wildman–Crippen LogP) is 1.60. The minimum Gasteiger partial charge on any atom is -0.395 e. The standard InChI is InChI=1S/C12H18N2O/c1-10-3-2-4-12(13-10)14(7-8-15)9-11-5-6-11/h2-4,11,15H,5-9H2,1H3. The Kier molecular flexibility index (Phi) is 3.21. The van der Waals surface area contributed by atoms with Crippen molar-refractivity contribution in [2.75, 3.05) is 24.6 Å². The van der Waals surface area contributed by atoms with Gasteiger partial charge in [0.15, 0.2) is 0 Å². The summed E-state index contributed by atoms with van der Waals surface area (Å²) < 4.78 is 0. The van der Waals surface area contributed by atoms with Gasteiger partial charge < -0.3 is 10.0 Å². The van der Waals surface area contributed by atoms with Gasteiger partial charge in [-0.1, -0.05) is 6.07 Å². The van der Waals surface area contributed by atoms with E-state index in [1.807, 2.05) is 25.1 Å². The molecule has 3 heteroatoms. The van der Waals surface area contributed by atoms with Crippen LogP contribution in [0.2, 0.25) is 0 Å². The summed E-state index contributed by atoms with van der Waals surface area (Å²) in [6.45, 7) is 3.92. The van der Waals surface area contributed by atoms with Crippen LogP contribution in [0.4, 0.5) is 5.82 Å². The van der Waals surface area contributed by atoms with Crippen LogP contribution >= 0.6 is 0 Å². The minimum absolute atomic E-state index is 0.197. The molecule has 1 aliphatic carbocycles. The van der Waals surface area contributed by atoms with E-state index < -0.39 is 0 Å². The molecule has 0 unspecified atom stereocenters. The summed E-state index contributed by atoms with van der Waals surface area (Å²) in [5, 5.41) is 9.03. The van der Waals surface area contributed by atoms with E-state index in [1.165, 1.54) is 12.8 Å². The Labute approximate surface area is 90.8 Å². The van der Waals surface area contributed by atoms with E-state index in [2.05, 4.69) is 9.88 Å². The number of hydrogen-bond acceptors (Lipinski definition) is 3. The van der Waals surface area contributed by atoms with Crippen LogP contribution in [0.15, 0.2) is 18.2 Å². The molecule has 1 aromatic rings. The summed E-state index contributed by atoms with van der Waals surface area (Å²) in [6.07, 6.45) is 2.65. The Hall–Kier alpha value is -1.09. The van der Waals surface area contributed by atoms with Crippen LogP contribution < -0.4 is 4.90 Å². The van der Waals surface area contributed by atoms with Gasteiger partial charge >= 0.3 is 0 Å². The molecule has 3 nitrogen and oxygen atoms in total. The molecule has 1 aromatic heterocycles. The van der Waals surface area contributed by atoms with E-state index in [9.17, 15) is 0 Å². The number of hydrogen-bond donors (Lipinski definition) is 1. The van der Waals surface area contributed by atoms with Gasteiger partial charge in [-0.25, -0.2) is 4.98 Å². The first-order chi connectivity index (χ1) is 7.29. The zero-order chi connectivity index (χ0) is 10.7. The molecule has 0 atom stereocenters. The molecular formula is C12H18N2O. The van der Waals surface area contributed by atoms with Crippen molar-refractivity contribution in [3.05, 3.63) is 23.9 Å². The van der Waals surface area contributed by atoms with E-state index in [4.69, 9.17) is 5.11 Å². The first-order valence-electron chi connectivity index (χ1n) is 5.59. The van der Waals surface area contributed by atoms with Gasteiger partial charge in [0.05, 0.1) is 6.61 Å². The zero-order valence-corrected chi connectivity index (χ0v) is 9.19. The van der Waals surface area contributed by atoms with Gasteiger partial charge in [0.2, 0.25) is 0 Å². The van der Waals surface area contributed by atoms with Gasteiger partial charge in [-0.2, -0.15) is 0 Å². The van der Waals surface area contributed by atoms with Crippen molar-refractivity contribution in [2.24, 2.45) is 5.92 Å². The third-order valence-corrected chi connectivity index (χ3v) is 2.74. The number of rotatable bonds is 5. The van der Waals surface area contributed by atoms with Gasteiger partial charge in [0.1, 0.15) is 5.82 Å². The van der Waals surface area contributed by atoms with Gasteiger partial charge in [0.25, 0.3) is 0 Å². The molecule has 0 bridgehead atoms. The number of anilines is 1. The maximum Gasteiger partial charge on any atom is 0.128 e. The molecule has 1 heterocycles. The van der Waals surface area contributed by atoms with Crippen molar-refractivity contribution in [1.29, 1.82) is 0 Å². The molecule has 1 saturated carbocycles. The Balaban J connectivity index is 2.07. The first-order valence-corrected chi connectivity index (χ1v) is 5.59. The number of aliphatic hydroxyl groups is 1. The van der Waals surface area contributed by atoms with Crippen molar-refractivity contribution >= 4 is 5.82 Å². The zero-order valence-electron chi connectivity index (χ0n) is 9.19. The number of aromatic nitrogens is 1. The maximum absolute atomic E-state index is 9.03. The Morgan fingerprint density at radius 3 is 2.87 bits per heavy atom. The Morgan fingerprint density at radius 2 is 2.27 bits per heavy atom. The lowest BCUT2D eigenvalue weighted by Crippen LogP contribution is -2.29. The third kappa shape index (κ3) is 2.93. The SMILES string of the molecule is Cc1cccc(N(CCO)CC2CC2)n1. The van der Waals surface area contributed by atoms with Crippen molar-refractivity contribution in [2.45, 2.75) is 19.8 Å². The van der Waals surface area contributed by atoms with Crippen molar-refractivity contribution in [3.63, 3.8) is 0 Å². The van der Waals surface area contributed by atoms with Crippen LogP contribution in [-0.2, 0) is 0 Å². The van der Waals surface area contributed by atoms with Gasteiger partial charge in [0, 0.05) is 18.8 Å². The lowest BCUT2D eigenvalue weighted by atomic mass is 10.3. The summed E-state index contributed by atoms with van der Waals surface area (Å²) in [4.78, 5) is 6.67. The topological polar surface area (TPSA) is 36.4 Å². The van der Waals surface area contributed by atoms with Crippen molar-refractivity contribution < 1.29 is 5.11 Å². The molecule has 1 N–H and O–H groups in total. The fraction of sp³-hybridized carbons (Fsp3) is 0.583. The van der Waals surface area contributed by atoms with Crippen LogP contribution in [0, 0.1) is 12.8 Å². The average Bonchev–Trinajstić information content (AvgIpc) is 3.01. The highest BCUT2D eigenvalue weighted by Gasteiger charge is 2.24. The van der Waals surface area contributed by atoms with Crippen molar-refractivity contribution in [1.82, 2.24) is 4.98 Å². The summed E-state index contributed by atoms with van der Waals surface area (Å²) in [5.74, 6) is 1.81. The molecule has 0 amide bonds. The predicted molar refractivity (Wildman–Crippen MR) is 61.0 cm³/mol. The highest BCUT2D eigenvalue weighted by molar-refractivity contribution is 5.39. The molecule has 1 aliphatic rings. The van der Waals surface area contributed by atoms with Gasteiger partial charge in [-0.05, 0) is 37.8 Å². The summed E-state index contributed by atoms with van der Waals surface area (Å²) in [6, 6.07) is 6.04. The highest BCUT2D eigenvalue weighted by Crippen LogP contribution is 2.30. The number of pyridine rings is 1. The Morgan fingerprint density at radius 1 is 1.47 bits per heavy atom. The van der Waals surface area contributed by atoms with Crippen LogP contribution in [0.25, 0.3) is 0 Å². The molecule has 82 valence electrons. The molecule has 2 rings (SSSR count). The van der Waals surface area contributed by atoms with E-state index in [0.29, 0.717) is 6.54 Å². The van der Waals surface area contributed by atoms with E-state index in [0.717, 1.165) is 24.0 Å².